The SMILES string of the molecule is C[C@@H](C(=O)N1CCO[C@H](CNc2nccn(C)c2=O)C1)c1cccnc1. The second-order valence-electron chi connectivity index (χ2n) is 6.36. The van der Waals surface area contributed by atoms with E-state index in [0.717, 1.165) is 5.56 Å². The fraction of sp³-hybridized carbons (Fsp3) is 0.444. The lowest BCUT2D eigenvalue weighted by Crippen LogP contribution is -2.49. The lowest BCUT2D eigenvalue weighted by molar-refractivity contribution is -0.139. The van der Waals surface area contributed by atoms with Gasteiger partial charge in [-0.25, -0.2) is 4.98 Å². The molecule has 2 aromatic heterocycles. The molecule has 0 aliphatic carbocycles. The molecule has 2 aromatic rings. The number of hydrogen-bond donors (Lipinski definition) is 1. The highest BCUT2D eigenvalue weighted by Gasteiger charge is 2.28. The van der Waals surface area contributed by atoms with Crippen LogP contribution < -0.4 is 10.9 Å². The Morgan fingerprint density at radius 2 is 2.31 bits per heavy atom. The number of carbonyl (C=O) groups is 1. The number of carbonyl (C=O) groups excluding carboxylic acids is 1. The Kier molecular flexibility index (Phi) is 5.62. The van der Waals surface area contributed by atoms with Gasteiger partial charge in [0, 0.05) is 51.5 Å². The summed E-state index contributed by atoms with van der Waals surface area (Å²) in [4.78, 5) is 34.7. The summed E-state index contributed by atoms with van der Waals surface area (Å²) in [6, 6.07) is 3.74. The van der Waals surface area contributed by atoms with Crippen LogP contribution in [0.15, 0.2) is 41.7 Å². The summed E-state index contributed by atoms with van der Waals surface area (Å²) < 4.78 is 7.19. The lowest BCUT2D eigenvalue weighted by atomic mass is 10.0. The molecule has 0 radical (unpaired) electrons. The van der Waals surface area contributed by atoms with Crippen LogP contribution in [0.25, 0.3) is 0 Å². The molecule has 8 nitrogen and oxygen atoms in total. The van der Waals surface area contributed by atoms with Gasteiger partial charge >= 0.3 is 0 Å². The maximum Gasteiger partial charge on any atom is 0.293 e. The van der Waals surface area contributed by atoms with Crippen molar-refractivity contribution < 1.29 is 9.53 Å². The number of ether oxygens (including phenoxy) is 1. The third-order valence-electron chi connectivity index (χ3n) is 4.52. The van der Waals surface area contributed by atoms with Crippen LogP contribution in [0, 0.1) is 0 Å². The average molecular weight is 357 g/mol. The molecule has 2 atom stereocenters. The molecule has 0 aromatic carbocycles. The smallest absolute Gasteiger partial charge is 0.293 e. The molecule has 3 heterocycles. The van der Waals surface area contributed by atoms with Gasteiger partial charge in [0.2, 0.25) is 5.91 Å². The van der Waals surface area contributed by atoms with Crippen molar-refractivity contribution in [1.29, 1.82) is 0 Å². The minimum absolute atomic E-state index is 0.0556. The normalized spacial score (nSPS) is 18.4. The number of pyridine rings is 1. The van der Waals surface area contributed by atoms with Crippen LogP contribution in [0.3, 0.4) is 0 Å². The third kappa shape index (κ3) is 4.08. The Labute approximate surface area is 151 Å². The highest BCUT2D eigenvalue weighted by atomic mass is 16.5. The zero-order chi connectivity index (χ0) is 18.5. The van der Waals surface area contributed by atoms with E-state index in [1.54, 1.807) is 31.8 Å². The monoisotopic (exact) mass is 357 g/mol. The number of nitrogens with zero attached hydrogens (tertiary/aromatic N) is 4. The van der Waals surface area contributed by atoms with E-state index in [-0.39, 0.29) is 29.3 Å². The van der Waals surface area contributed by atoms with Crippen molar-refractivity contribution in [3.63, 3.8) is 0 Å². The van der Waals surface area contributed by atoms with Crippen LogP contribution >= 0.6 is 0 Å². The molecular formula is C18H23N5O3. The van der Waals surface area contributed by atoms with Crippen molar-refractivity contribution in [1.82, 2.24) is 19.4 Å². The Morgan fingerprint density at radius 3 is 3.08 bits per heavy atom. The number of rotatable bonds is 5. The summed E-state index contributed by atoms with van der Waals surface area (Å²) in [6.07, 6.45) is 6.39. The van der Waals surface area contributed by atoms with Crippen LogP contribution in [-0.2, 0) is 16.6 Å². The fourth-order valence-electron chi connectivity index (χ4n) is 2.92. The van der Waals surface area contributed by atoms with Gasteiger partial charge in [-0.15, -0.1) is 0 Å². The highest BCUT2D eigenvalue weighted by molar-refractivity contribution is 5.83. The topological polar surface area (TPSA) is 89.4 Å². The molecule has 0 spiro atoms. The van der Waals surface area contributed by atoms with Gasteiger partial charge in [-0.3, -0.25) is 14.6 Å². The van der Waals surface area contributed by atoms with Crippen molar-refractivity contribution in [2.75, 3.05) is 31.6 Å². The number of hydrogen-bond acceptors (Lipinski definition) is 6. The van der Waals surface area contributed by atoms with Gasteiger partial charge < -0.3 is 19.5 Å². The van der Waals surface area contributed by atoms with Gasteiger partial charge in [0.05, 0.1) is 18.6 Å². The first-order chi connectivity index (χ1) is 12.6. The first-order valence-corrected chi connectivity index (χ1v) is 8.62. The zero-order valence-electron chi connectivity index (χ0n) is 15.0. The third-order valence-corrected chi connectivity index (χ3v) is 4.52. The maximum atomic E-state index is 12.8. The summed E-state index contributed by atoms with van der Waals surface area (Å²) in [5.41, 5.74) is 0.706. The molecule has 1 N–H and O–H groups in total. The molecule has 1 aliphatic rings. The Morgan fingerprint density at radius 1 is 1.46 bits per heavy atom. The van der Waals surface area contributed by atoms with Gasteiger partial charge in [-0.2, -0.15) is 0 Å². The molecule has 0 unspecified atom stereocenters. The molecule has 1 fully saturated rings. The Bertz CT molecular complexity index is 808. The summed E-state index contributed by atoms with van der Waals surface area (Å²) in [7, 11) is 1.67. The highest BCUT2D eigenvalue weighted by Crippen LogP contribution is 2.18. The largest absolute Gasteiger partial charge is 0.373 e. The number of aromatic nitrogens is 3. The molecule has 26 heavy (non-hydrogen) atoms. The molecule has 0 bridgehead atoms. The molecule has 8 heteroatoms. The second-order valence-corrected chi connectivity index (χ2v) is 6.36. The number of amides is 1. The van der Waals surface area contributed by atoms with E-state index >= 15 is 0 Å². The first-order valence-electron chi connectivity index (χ1n) is 8.62. The standard InChI is InChI=1S/C18H23N5O3/c1-13(14-4-3-5-19-10-14)17(24)23-8-9-26-15(12-23)11-21-16-18(25)22(2)7-6-20-16/h3-7,10,13,15H,8-9,11-12H2,1-2H3,(H,20,21)/t13-,15-/m1/s1. The van der Waals surface area contributed by atoms with Crippen LogP contribution in [0.4, 0.5) is 5.82 Å². The summed E-state index contributed by atoms with van der Waals surface area (Å²) in [5.74, 6) is 0.0873. The van der Waals surface area contributed by atoms with Crippen LogP contribution in [0.2, 0.25) is 0 Å². The predicted octanol–water partition coefficient (Wildman–Crippen LogP) is 0.618. The van der Waals surface area contributed by atoms with Gasteiger partial charge in [-0.05, 0) is 18.6 Å². The Balaban J connectivity index is 1.59. The predicted molar refractivity (Wildman–Crippen MR) is 96.9 cm³/mol. The first kappa shape index (κ1) is 18.1. The summed E-state index contributed by atoms with van der Waals surface area (Å²) >= 11 is 0. The molecule has 0 saturated carbocycles. The van der Waals surface area contributed by atoms with Crippen molar-refractivity contribution in [2.24, 2.45) is 7.05 Å². The number of nitrogens with one attached hydrogen (secondary N) is 1. The maximum absolute atomic E-state index is 12.8. The van der Waals surface area contributed by atoms with Gasteiger partial charge in [0.15, 0.2) is 5.82 Å². The Hall–Kier alpha value is -2.74. The molecule has 138 valence electrons. The van der Waals surface area contributed by atoms with Crippen LogP contribution in [0.1, 0.15) is 18.4 Å². The molecule has 1 aliphatic heterocycles. The van der Waals surface area contributed by atoms with E-state index in [9.17, 15) is 9.59 Å². The van der Waals surface area contributed by atoms with Crippen LogP contribution in [-0.4, -0.2) is 57.7 Å². The van der Waals surface area contributed by atoms with E-state index in [0.29, 0.717) is 26.2 Å². The van der Waals surface area contributed by atoms with Crippen molar-refractivity contribution >= 4 is 11.7 Å². The second kappa shape index (κ2) is 8.09. The number of anilines is 1. The van der Waals surface area contributed by atoms with Crippen molar-refractivity contribution in [2.45, 2.75) is 18.9 Å². The molecule has 3 rings (SSSR count). The van der Waals surface area contributed by atoms with Gasteiger partial charge in [0.25, 0.3) is 5.56 Å². The van der Waals surface area contributed by atoms with Crippen LogP contribution in [0.5, 0.6) is 0 Å². The summed E-state index contributed by atoms with van der Waals surface area (Å²) in [6.45, 7) is 3.81. The van der Waals surface area contributed by atoms with E-state index in [1.807, 2.05) is 24.0 Å². The minimum Gasteiger partial charge on any atom is -0.373 e. The molecular weight excluding hydrogens is 334 g/mol. The van der Waals surface area contributed by atoms with E-state index < -0.39 is 0 Å². The van der Waals surface area contributed by atoms with Crippen molar-refractivity contribution in [3.8, 4) is 0 Å². The zero-order valence-corrected chi connectivity index (χ0v) is 15.0. The average Bonchev–Trinajstić information content (AvgIpc) is 2.69. The number of morpholine rings is 1. The van der Waals surface area contributed by atoms with Gasteiger partial charge in [0.1, 0.15) is 0 Å². The minimum atomic E-state index is -0.251. The van der Waals surface area contributed by atoms with E-state index in [4.69, 9.17) is 4.74 Å². The van der Waals surface area contributed by atoms with E-state index in [2.05, 4.69) is 15.3 Å². The molecule has 1 saturated heterocycles. The number of aryl methyl sites for hydroxylation is 1. The molecule has 1 amide bonds. The fourth-order valence-corrected chi connectivity index (χ4v) is 2.92. The lowest BCUT2D eigenvalue weighted by Gasteiger charge is -2.34. The summed E-state index contributed by atoms with van der Waals surface area (Å²) in [5, 5.41) is 3.03. The van der Waals surface area contributed by atoms with Gasteiger partial charge in [-0.1, -0.05) is 6.07 Å². The quantitative estimate of drug-likeness (QED) is 0.844. The van der Waals surface area contributed by atoms with E-state index in [1.165, 1.54) is 4.57 Å². The van der Waals surface area contributed by atoms with Crippen molar-refractivity contribution in [3.05, 3.63) is 52.8 Å².